The van der Waals surface area contributed by atoms with Gasteiger partial charge in [0.15, 0.2) is 0 Å². The van der Waals surface area contributed by atoms with Gasteiger partial charge in [0.05, 0.1) is 0 Å². The number of rotatable bonds is 20. The molecule has 4 nitrogen and oxygen atoms in total. The second-order valence-corrected chi connectivity index (χ2v) is 7.83. The topological polar surface area (TPSA) is 52.6 Å². The van der Waals surface area contributed by atoms with Crippen molar-refractivity contribution in [3.05, 3.63) is 12.7 Å². The summed E-state index contributed by atoms with van der Waals surface area (Å²) in [5.41, 5.74) is 0. The van der Waals surface area contributed by atoms with Crippen molar-refractivity contribution in [2.24, 2.45) is 0 Å². The molecule has 0 saturated heterocycles. The van der Waals surface area contributed by atoms with Gasteiger partial charge in [-0.05, 0) is 13.3 Å². The monoisotopic (exact) mass is 396 g/mol. The lowest BCUT2D eigenvalue weighted by Gasteiger charge is -2.12. The Morgan fingerprint density at radius 3 is 1.64 bits per heavy atom. The standard InChI is InChI=1S/C24H44O4/c1-4-6-7-8-9-10-11-12-13-14-15-16-17-18-19-20-24(26)28-22(3)21-27-23(25)5-2/h5,22H,2,4,6-21H2,1,3H3. The Morgan fingerprint density at radius 1 is 0.786 bits per heavy atom. The van der Waals surface area contributed by atoms with E-state index in [2.05, 4.69) is 13.5 Å². The maximum absolute atomic E-state index is 11.7. The molecule has 0 amide bonds. The smallest absolute Gasteiger partial charge is 0.330 e. The summed E-state index contributed by atoms with van der Waals surface area (Å²) >= 11 is 0. The van der Waals surface area contributed by atoms with Gasteiger partial charge in [-0.3, -0.25) is 4.79 Å². The minimum Gasteiger partial charge on any atom is -0.459 e. The van der Waals surface area contributed by atoms with E-state index < -0.39 is 12.1 Å². The molecule has 0 aliphatic carbocycles. The molecule has 164 valence electrons. The molecule has 0 aliphatic heterocycles. The van der Waals surface area contributed by atoms with E-state index in [9.17, 15) is 9.59 Å². The molecule has 0 fully saturated rings. The molecule has 0 saturated carbocycles. The van der Waals surface area contributed by atoms with Crippen molar-refractivity contribution >= 4 is 11.9 Å². The van der Waals surface area contributed by atoms with Gasteiger partial charge in [-0.1, -0.05) is 103 Å². The number of unbranched alkanes of at least 4 members (excludes halogenated alkanes) is 14. The zero-order chi connectivity index (χ0) is 20.9. The van der Waals surface area contributed by atoms with Crippen molar-refractivity contribution in [1.82, 2.24) is 0 Å². The van der Waals surface area contributed by atoms with Gasteiger partial charge >= 0.3 is 11.9 Å². The highest BCUT2D eigenvalue weighted by molar-refractivity contribution is 5.81. The molecule has 0 bridgehead atoms. The first-order chi connectivity index (χ1) is 13.6. The van der Waals surface area contributed by atoms with E-state index in [0.717, 1.165) is 18.9 Å². The molecule has 0 aromatic heterocycles. The first kappa shape index (κ1) is 26.7. The summed E-state index contributed by atoms with van der Waals surface area (Å²) in [6, 6.07) is 0. The van der Waals surface area contributed by atoms with Gasteiger partial charge in [0.1, 0.15) is 12.7 Å². The van der Waals surface area contributed by atoms with Gasteiger partial charge in [0, 0.05) is 12.5 Å². The van der Waals surface area contributed by atoms with Crippen molar-refractivity contribution in [1.29, 1.82) is 0 Å². The zero-order valence-corrected chi connectivity index (χ0v) is 18.5. The highest BCUT2D eigenvalue weighted by Gasteiger charge is 2.10. The van der Waals surface area contributed by atoms with Crippen LogP contribution in [-0.2, 0) is 19.1 Å². The Kier molecular flexibility index (Phi) is 19.5. The Bertz CT molecular complexity index is 392. The van der Waals surface area contributed by atoms with E-state index in [0.29, 0.717) is 6.42 Å². The van der Waals surface area contributed by atoms with Crippen LogP contribution in [0.25, 0.3) is 0 Å². The van der Waals surface area contributed by atoms with Crippen LogP contribution in [0.4, 0.5) is 0 Å². The lowest BCUT2D eigenvalue weighted by Crippen LogP contribution is -2.21. The van der Waals surface area contributed by atoms with Crippen LogP contribution >= 0.6 is 0 Å². The third kappa shape index (κ3) is 19.4. The third-order valence-corrected chi connectivity index (χ3v) is 4.94. The SMILES string of the molecule is C=CC(=O)OCC(C)OC(=O)CCCCCCCCCCCCCCCCC. The maximum atomic E-state index is 11.7. The molecular weight excluding hydrogens is 352 g/mol. The first-order valence-corrected chi connectivity index (χ1v) is 11.6. The minimum absolute atomic E-state index is 0.0788. The normalized spacial score (nSPS) is 11.8. The van der Waals surface area contributed by atoms with E-state index in [1.807, 2.05) is 0 Å². The summed E-state index contributed by atoms with van der Waals surface area (Å²) in [6.45, 7) is 7.39. The molecular formula is C24H44O4. The van der Waals surface area contributed by atoms with E-state index in [1.54, 1.807) is 6.92 Å². The number of carbonyl (C=O) groups excluding carboxylic acids is 2. The van der Waals surface area contributed by atoms with Crippen molar-refractivity contribution in [2.45, 2.75) is 123 Å². The minimum atomic E-state index is -0.495. The van der Waals surface area contributed by atoms with Crippen molar-refractivity contribution in [3.8, 4) is 0 Å². The van der Waals surface area contributed by atoms with Gasteiger partial charge < -0.3 is 9.47 Å². The second kappa shape index (κ2) is 20.4. The molecule has 0 N–H and O–H groups in total. The Labute approximate surface area is 173 Å². The molecule has 1 unspecified atom stereocenters. The van der Waals surface area contributed by atoms with Crippen LogP contribution in [0.15, 0.2) is 12.7 Å². The van der Waals surface area contributed by atoms with Crippen LogP contribution in [0.5, 0.6) is 0 Å². The van der Waals surface area contributed by atoms with Gasteiger partial charge in [-0.15, -0.1) is 0 Å². The lowest BCUT2D eigenvalue weighted by atomic mass is 10.0. The fourth-order valence-electron chi connectivity index (χ4n) is 3.22. The Hall–Kier alpha value is -1.32. The van der Waals surface area contributed by atoms with Crippen molar-refractivity contribution in [3.63, 3.8) is 0 Å². The fourth-order valence-corrected chi connectivity index (χ4v) is 3.22. The lowest BCUT2D eigenvalue weighted by molar-refractivity contribution is -0.155. The highest BCUT2D eigenvalue weighted by Crippen LogP contribution is 2.14. The maximum Gasteiger partial charge on any atom is 0.330 e. The van der Waals surface area contributed by atoms with Gasteiger partial charge in [0.25, 0.3) is 0 Å². The van der Waals surface area contributed by atoms with Crippen LogP contribution in [0.1, 0.15) is 117 Å². The van der Waals surface area contributed by atoms with E-state index in [1.165, 1.54) is 83.5 Å². The van der Waals surface area contributed by atoms with E-state index >= 15 is 0 Å². The van der Waals surface area contributed by atoms with Crippen molar-refractivity contribution in [2.75, 3.05) is 6.61 Å². The molecule has 0 aliphatic rings. The van der Waals surface area contributed by atoms with Gasteiger partial charge in [-0.25, -0.2) is 4.79 Å². The third-order valence-electron chi connectivity index (χ3n) is 4.94. The zero-order valence-electron chi connectivity index (χ0n) is 18.5. The Balaban J connectivity index is 3.29. The van der Waals surface area contributed by atoms with Crippen LogP contribution < -0.4 is 0 Å². The molecule has 0 aromatic rings. The largest absolute Gasteiger partial charge is 0.459 e. The molecule has 0 spiro atoms. The van der Waals surface area contributed by atoms with Crippen LogP contribution in [0.2, 0.25) is 0 Å². The molecule has 0 radical (unpaired) electrons. The van der Waals surface area contributed by atoms with E-state index in [4.69, 9.17) is 9.47 Å². The highest BCUT2D eigenvalue weighted by atomic mass is 16.6. The molecule has 4 heteroatoms. The van der Waals surface area contributed by atoms with Crippen molar-refractivity contribution < 1.29 is 19.1 Å². The quantitative estimate of drug-likeness (QED) is 0.127. The average Bonchev–Trinajstić information content (AvgIpc) is 2.69. The first-order valence-electron chi connectivity index (χ1n) is 11.6. The van der Waals surface area contributed by atoms with Gasteiger partial charge in [-0.2, -0.15) is 0 Å². The summed E-state index contributed by atoms with van der Waals surface area (Å²) < 4.78 is 10.1. The summed E-state index contributed by atoms with van der Waals surface area (Å²) in [4.78, 5) is 22.7. The summed E-state index contributed by atoms with van der Waals surface area (Å²) in [7, 11) is 0. The van der Waals surface area contributed by atoms with Crippen LogP contribution in [0, 0.1) is 0 Å². The number of hydrogen-bond acceptors (Lipinski definition) is 4. The number of ether oxygens (including phenoxy) is 2. The fraction of sp³-hybridized carbons (Fsp3) is 0.833. The number of esters is 2. The summed E-state index contributed by atoms with van der Waals surface area (Å²) in [5.74, 6) is -0.706. The molecule has 0 heterocycles. The van der Waals surface area contributed by atoms with Crippen LogP contribution in [0.3, 0.4) is 0 Å². The van der Waals surface area contributed by atoms with Crippen LogP contribution in [-0.4, -0.2) is 24.6 Å². The summed E-state index contributed by atoms with van der Waals surface area (Å²) in [6.07, 6.45) is 20.7. The number of carbonyl (C=O) groups is 2. The predicted octanol–water partition coefficient (Wildman–Crippen LogP) is 6.91. The number of hydrogen-bond donors (Lipinski definition) is 0. The van der Waals surface area contributed by atoms with Gasteiger partial charge in [0.2, 0.25) is 0 Å². The molecule has 1 atom stereocenters. The summed E-state index contributed by atoms with van der Waals surface area (Å²) in [5, 5.41) is 0. The molecule has 0 rings (SSSR count). The van der Waals surface area contributed by atoms with E-state index in [-0.39, 0.29) is 12.6 Å². The average molecular weight is 397 g/mol. The Morgan fingerprint density at radius 2 is 1.21 bits per heavy atom. The predicted molar refractivity (Wildman–Crippen MR) is 116 cm³/mol. The second-order valence-electron chi connectivity index (χ2n) is 7.83. The molecule has 28 heavy (non-hydrogen) atoms. The molecule has 0 aromatic carbocycles.